The number of benzene rings is 2. The van der Waals surface area contributed by atoms with Crippen LogP contribution in [0.3, 0.4) is 0 Å². The lowest BCUT2D eigenvalue weighted by Crippen LogP contribution is -2.42. The van der Waals surface area contributed by atoms with Crippen LogP contribution in [0.4, 0.5) is 0 Å². The van der Waals surface area contributed by atoms with Gasteiger partial charge in [-0.05, 0) is 36.2 Å². The highest BCUT2D eigenvalue weighted by atomic mass is 32.2. The van der Waals surface area contributed by atoms with Crippen molar-refractivity contribution in [3.63, 3.8) is 0 Å². The monoisotopic (exact) mass is 363 g/mol. The number of carbonyl (C=O) groups excluding carboxylic acids is 1. The van der Waals surface area contributed by atoms with Gasteiger partial charge < -0.3 is 9.84 Å². The normalized spacial score (nSPS) is 12.4. The molecule has 0 heterocycles. The number of hydrogen-bond donors (Lipinski definition) is 2. The fraction of sp³-hybridized carbons (Fsp3) is 0.176. The predicted molar refractivity (Wildman–Crippen MR) is 89.7 cm³/mol. The van der Waals surface area contributed by atoms with E-state index in [0.717, 1.165) is 0 Å². The summed E-state index contributed by atoms with van der Waals surface area (Å²) in [4.78, 5) is 22.6. The first-order valence-corrected chi connectivity index (χ1v) is 8.79. The maximum Gasteiger partial charge on any atom is 0.337 e. The van der Waals surface area contributed by atoms with Gasteiger partial charge in [-0.25, -0.2) is 13.2 Å². The average molecular weight is 363 g/mol. The largest absolute Gasteiger partial charge is 0.480 e. The van der Waals surface area contributed by atoms with Crippen LogP contribution in [0, 0.1) is 0 Å². The van der Waals surface area contributed by atoms with E-state index in [-0.39, 0.29) is 16.9 Å². The number of hydrogen-bond acceptors (Lipinski definition) is 5. The van der Waals surface area contributed by atoms with Crippen LogP contribution in [-0.2, 0) is 26.0 Å². The highest BCUT2D eigenvalue weighted by molar-refractivity contribution is 7.89. The molecule has 0 amide bonds. The fourth-order valence-corrected chi connectivity index (χ4v) is 3.36. The molecule has 2 aromatic rings. The summed E-state index contributed by atoms with van der Waals surface area (Å²) in [7, 11) is -2.84. The van der Waals surface area contributed by atoms with Crippen LogP contribution >= 0.6 is 0 Å². The van der Waals surface area contributed by atoms with Gasteiger partial charge in [0.05, 0.1) is 17.6 Å². The molecule has 2 N–H and O–H groups in total. The Balaban J connectivity index is 2.19. The number of carbonyl (C=O) groups is 2. The first-order chi connectivity index (χ1) is 11.8. The highest BCUT2D eigenvalue weighted by Crippen LogP contribution is 2.13. The Bertz CT molecular complexity index is 846. The molecule has 2 rings (SSSR count). The molecular formula is C17H17NO6S. The molecule has 0 saturated carbocycles. The third-order valence-corrected chi connectivity index (χ3v) is 4.95. The van der Waals surface area contributed by atoms with E-state index >= 15 is 0 Å². The molecule has 0 spiro atoms. The number of methoxy groups -OCH3 is 1. The van der Waals surface area contributed by atoms with E-state index in [2.05, 4.69) is 9.46 Å². The van der Waals surface area contributed by atoms with Crippen LogP contribution < -0.4 is 4.72 Å². The predicted octanol–water partition coefficient (Wildman–Crippen LogP) is 1.45. The summed E-state index contributed by atoms with van der Waals surface area (Å²) in [6.07, 6.45) is 0.00957. The van der Waals surface area contributed by atoms with E-state index in [1.54, 1.807) is 30.3 Å². The summed E-state index contributed by atoms with van der Waals surface area (Å²) >= 11 is 0. The number of esters is 1. The molecular weight excluding hydrogens is 346 g/mol. The minimum atomic E-state index is -4.06. The Hall–Kier alpha value is -2.71. The Morgan fingerprint density at radius 1 is 1.08 bits per heavy atom. The Morgan fingerprint density at radius 2 is 1.68 bits per heavy atom. The van der Waals surface area contributed by atoms with Crippen molar-refractivity contribution in [1.29, 1.82) is 0 Å². The molecule has 1 atom stereocenters. The zero-order chi connectivity index (χ0) is 18.4. The van der Waals surface area contributed by atoms with Gasteiger partial charge in [-0.2, -0.15) is 4.72 Å². The summed E-state index contributed by atoms with van der Waals surface area (Å²) < 4.78 is 31.5. The zero-order valence-corrected chi connectivity index (χ0v) is 14.2. The molecule has 8 heteroatoms. The van der Waals surface area contributed by atoms with E-state index in [9.17, 15) is 23.1 Å². The van der Waals surface area contributed by atoms with Crippen LogP contribution in [0.1, 0.15) is 15.9 Å². The van der Waals surface area contributed by atoms with Crippen molar-refractivity contribution >= 4 is 22.0 Å². The van der Waals surface area contributed by atoms with Crippen LogP contribution in [0.15, 0.2) is 59.5 Å². The maximum absolute atomic E-state index is 12.4. The molecule has 0 aliphatic rings. The summed E-state index contributed by atoms with van der Waals surface area (Å²) in [6, 6.07) is 12.4. The smallest absolute Gasteiger partial charge is 0.337 e. The number of sulfonamides is 1. The second kappa shape index (κ2) is 7.91. The highest BCUT2D eigenvalue weighted by Gasteiger charge is 2.25. The van der Waals surface area contributed by atoms with Gasteiger partial charge in [-0.15, -0.1) is 0 Å². The molecule has 0 aliphatic heterocycles. The summed E-state index contributed by atoms with van der Waals surface area (Å²) in [6.45, 7) is 0. The third-order valence-electron chi connectivity index (χ3n) is 3.46. The molecule has 0 radical (unpaired) electrons. The molecule has 0 aromatic heterocycles. The minimum Gasteiger partial charge on any atom is -0.480 e. The lowest BCUT2D eigenvalue weighted by atomic mass is 10.1. The zero-order valence-electron chi connectivity index (χ0n) is 13.4. The Labute approximate surface area is 145 Å². The number of aliphatic carboxylic acids is 1. The van der Waals surface area contributed by atoms with Gasteiger partial charge in [0, 0.05) is 0 Å². The third kappa shape index (κ3) is 4.88. The van der Waals surface area contributed by atoms with Crippen LogP contribution in [-0.4, -0.2) is 38.6 Å². The van der Waals surface area contributed by atoms with Gasteiger partial charge in [0.15, 0.2) is 0 Å². The van der Waals surface area contributed by atoms with Gasteiger partial charge in [0.25, 0.3) is 0 Å². The fourth-order valence-electron chi connectivity index (χ4n) is 2.17. The second-order valence-electron chi connectivity index (χ2n) is 5.22. The van der Waals surface area contributed by atoms with Crippen molar-refractivity contribution in [3.05, 3.63) is 65.7 Å². The van der Waals surface area contributed by atoms with E-state index in [4.69, 9.17) is 0 Å². The second-order valence-corrected chi connectivity index (χ2v) is 6.93. The molecule has 0 unspecified atom stereocenters. The molecule has 132 valence electrons. The summed E-state index contributed by atoms with van der Waals surface area (Å²) in [5.74, 6) is -1.87. The molecule has 0 fully saturated rings. The Kier molecular flexibility index (Phi) is 5.89. The first-order valence-electron chi connectivity index (χ1n) is 7.31. The van der Waals surface area contributed by atoms with Gasteiger partial charge in [-0.3, -0.25) is 4.79 Å². The molecule has 0 aliphatic carbocycles. The molecule has 2 aromatic carbocycles. The van der Waals surface area contributed by atoms with E-state index in [1.165, 1.54) is 31.4 Å². The van der Waals surface area contributed by atoms with Crippen LogP contribution in [0.25, 0.3) is 0 Å². The first kappa shape index (κ1) is 18.6. The number of rotatable bonds is 7. The van der Waals surface area contributed by atoms with Gasteiger partial charge in [0.1, 0.15) is 6.04 Å². The number of carboxylic acids is 1. The summed E-state index contributed by atoms with van der Waals surface area (Å²) in [5, 5.41) is 9.31. The van der Waals surface area contributed by atoms with Gasteiger partial charge in [-0.1, -0.05) is 30.3 Å². The SMILES string of the molecule is COC(=O)c1ccc(S(=O)(=O)N[C@@H](Cc2ccccc2)C(=O)O)cc1. The standard InChI is InChI=1S/C17H17NO6S/c1-24-17(21)13-7-9-14(10-8-13)25(22,23)18-15(16(19)20)11-12-5-3-2-4-6-12/h2-10,15,18H,11H2,1H3,(H,19,20)/t15-/m0/s1. The van der Waals surface area contributed by atoms with Crippen molar-refractivity contribution in [2.75, 3.05) is 7.11 Å². The lowest BCUT2D eigenvalue weighted by molar-refractivity contribution is -0.138. The van der Waals surface area contributed by atoms with Crippen LogP contribution in [0.2, 0.25) is 0 Å². The van der Waals surface area contributed by atoms with Crippen molar-refractivity contribution in [2.45, 2.75) is 17.4 Å². The van der Waals surface area contributed by atoms with Gasteiger partial charge in [0.2, 0.25) is 10.0 Å². The summed E-state index contributed by atoms with van der Waals surface area (Å²) in [5.41, 5.74) is 0.888. The number of nitrogens with one attached hydrogen (secondary N) is 1. The molecule has 0 bridgehead atoms. The lowest BCUT2D eigenvalue weighted by Gasteiger charge is -2.15. The maximum atomic E-state index is 12.4. The van der Waals surface area contributed by atoms with E-state index in [0.29, 0.717) is 5.56 Å². The average Bonchev–Trinajstić information content (AvgIpc) is 2.61. The number of ether oxygens (including phenoxy) is 1. The minimum absolute atomic E-state index is 0.00957. The van der Waals surface area contributed by atoms with Crippen LogP contribution in [0.5, 0.6) is 0 Å². The van der Waals surface area contributed by atoms with E-state index in [1.807, 2.05) is 0 Å². The molecule has 0 saturated heterocycles. The van der Waals surface area contributed by atoms with Crippen molar-refractivity contribution in [1.82, 2.24) is 4.72 Å². The topological polar surface area (TPSA) is 110 Å². The number of carboxylic acid groups (broad SMARTS) is 1. The molecule has 25 heavy (non-hydrogen) atoms. The van der Waals surface area contributed by atoms with Crippen molar-refractivity contribution < 1.29 is 27.9 Å². The van der Waals surface area contributed by atoms with E-state index < -0.39 is 28.0 Å². The quantitative estimate of drug-likeness (QED) is 0.721. The Morgan fingerprint density at radius 3 is 2.20 bits per heavy atom. The van der Waals surface area contributed by atoms with Gasteiger partial charge >= 0.3 is 11.9 Å². The van der Waals surface area contributed by atoms with Crippen molar-refractivity contribution in [2.24, 2.45) is 0 Å². The molecule has 7 nitrogen and oxygen atoms in total. The van der Waals surface area contributed by atoms with Crippen molar-refractivity contribution in [3.8, 4) is 0 Å².